The number of carbonyl (C=O) groups is 2. The Morgan fingerprint density at radius 3 is 2.42 bits per heavy atom. The van der Waals surface area contributed by atoms with Gasteiger partial charge in [-0.1, -0.05) is 36.4 Å². The zero-order chi connectivity index (χ0) is 13.6. The van der Waals surface area contributed by atoms with Gasteiger partial charge in [0.25, 0.3) is 0 Å². The molecule has 0 amide bonds. The summed E-state index contributed by atoms with van der Waals surface area (Å²) in [7, 11) is 0. The molecule has 1 aromatic rings. The van der Waals surface area contributed by atoms with Crippen LogP contribution in [0, 0.1) is 5.92 Å². The molecule has 2 aliphatic carbocycles. The molecule has 0 unspecified atom stereocenters. The number of hydrogen-bond donors (Lipinski definition) is 1. The quantitative estimate of drug-likeness (QED) is 0.782. The summed E-state index contributed by atoms with van der Waals surface area (Å²) in [6, 6.07) is 6.89. The van der Waals surface area contributed by atoms with E-state index < -0.39 is 6.10 Å². The van der Waals surface area contributed by atoms with E-state index in [0.717, 1.165) is 0 Å². The van der Waals surface area contributed by atoms with Gasteiger partial charge in [-0.3, -0.25) is 9.59 Å². The molecule has 0 fully saturated rings. The number of aliphatic hydroxyl groups excluding tert-OH is 1. The highest BCUT2D eigenvalue weighted by atomic mass is 16.3. The fourth-order valence-corrected chi connectivity index (χ4v) is 2.83. The minimum Gasteiger partial charge on any atom is -0.392 e. The van der Waals surface area contributed by atoms with Gasteiger partial charge >= 0.3 is 0 Å². The third kappa shape index (κ3) is 1.70. The van der Waals surface area contributed by atoms with Gasteiger partial charge in [-0.05, 0) is 13.3 Å². The second-order valence-electron chi connectivity index (χ2n) is 4.99. The molecule has 0 aromatic heterocycles. The standard InChI is InChI=1S/C16H14O3/c1-9(17)10-7-4-8-13-14(10)16(19)12-6-3-2-5-11(12)15(13)18/h2-7,9-10,17H,8H2,1H3/t9-,10+/m0/s1. The minimum atomic E-state index is -0.677. The first-order valence-electron chi connectivity index (χ1n) is 6.37. The molecule has 3 rings (SSSR count). The number of allylic oxidation sites excluding steroid dienone is 2. The van der Waals surface area contributed by atoms with Crippen molar-refractivity contribution in [3.63, 3.8) is 0 Å². The van der Waals surface area contributed by atoms with Crippen molar-refractivity contribution in [1.82, 2.24) is 0 Å². The second kappa shape index (κ2) is 4.28. The zero-order valence-electron chi connectivity index (χ0n) is 10.6. The van der Waals surface area contributed by atoms with Gasteiger partial charge in [0.15, 0.2) is 11.6 Å². The van der Waals surface area contributed by atoms with Crippen molar-refractivity contribution in [3.05, 3.63) is 58.7 Å². The molecule has 0 aliphatic heterocycles. The molecule has 1 aromatic carbocycles. The Labute approximate surface area is 111 Å². The SMILES string of the molecule is C[C@H](O)[C@H]1C=CCC2=C1C(=O)c1ccccc1C2=O. The molecule has 0 heterocycles. The van der Waals surface area contributed by atoms with Crippen molar-refractivity contribution in [2.75, 3.05) is 0 Å². The van der Waals surface area contributed by atoms with Crippen LogP contribution in [0.15, 0.2) is 47.6 Å². The predicted octanol–water partition coefficient (Wildman–Crippen LogP) is 2.32. The molecule has 3 heteroatoms. The maximum atomic E-state index is 12.6. The van der Waals surface area contributed by atoms with Gasteiger partial charge in [0.05, 0.1) is 6.10 Å². The summed E-state index contributed by atoms with van der Waals surface area (Å²) in [5.41, 5.74) is 1.94. The Balaban J connectivity index is 2.20. The summed E-state index contributed by atoms with van der Waals surface area (Å²) in [4.78, 5) is 25.0. The Bertz CT molecular complexity index is 635. The molecule has 0 spiro atoms. The van der Waals surface area contributed by atoms with Crippen molar-refractivity contribution >= 4 is 11.6 Å². The van der Waals surface area contributed by atoms with Crippen molar-refractivity contribution < 1.29 is 14.7 Å². The van der Waals surface area contributed by atoms with Gasteiger partial charge < -0.3 is 5.11 Å². The van der Waals surface area contributed by atoms with Crippen molar-refractivity contribution in [1.29, 1.82) is 0 Å². The summed E-state index contributed by atoms with van der Waals surface area (Å²) in [5.74, 6) is -0.589. The molecule has 0 saturated heterocycles. The van der Waals surface area contributed by atoms with Crippen LogP contribution in [0.2, 0.25) is 0 Å². The number of aliphatic hydroxyl groups is 1. The number of benzene rings is 1. The number of hydrogen-bond acceptors (Lipinski definition) is 3. The smallest absolute Gasteiger partial charge is 0.190 e. The van der Waals surface area contributed by atoms with Crippen LogP contribution >= 0.6 is 0 Å². The number of rotatable bonds is 1. The maximum absolute atomic E-state index is 12.6. The lowest BCUT2D eigenvalue weighted by molar-refractivity contribution is 0.0939. The topological polar surface area (TPSA) is 54.4 Å². The van der Waals surface area contributed by atoms with Gasteiger partial charge in [-0.2, -0.15) is 0 Å². The fourth-order valence-electron chi connectivity index (χ4n) is 2.83. The molecule has 19 heavy (non-hydrogen) atoms. The lowest BCUT2D eigenvalue weighted by Crippen LogP contribution is -2.31. The molecule has 0 radical (unpaired) electrons. The summed E-state index contributed by atoms with van der Waals surface area (Å²) in [5, 5.41) is 9.82. The predicted molar refractivity (Wildman–Crippen MR) is 71.1 cm³/mol. The summed E-state index contributed by atoms with van der Waals surface area (Å²) in [6.45, 7) is 1.64. The molecular weight excluding hydrogens is 240 g/mol. The van der Waals surface area contributed by atoms with Gasteiger partial charge in [0.2, 0.25) is 0 Å². The van der Waals surface area contributed by atoms with Crippen LogP contribution in [0.4, 0.5) is 0 Å². The van der Waals surface area contributed by atoms with Crippen LogP contribution in [0.5, 0.6) is 0 Å². The van der Waals surface area contributed by atoms with Crippen LogP contribution in [-0.4, -0.2) is 22.8 Å². The highest BCUT2D eigenvalue weighted by molar-refractivity contribution is 6.27. The lowest BCUT2D eigenvalue weighted by Gasteiger charge is -2.29. The number of fused-ring (bicyclic) bond motifs is 1. The average Bonchev–Trinajstić information content (AvgIpc) is 2.44. The first kappa shape index (κ1) is 12.1. The third-order valence-corrected chi connectivity index (χ3v) is 3.78. The van der Waals surface area contributed by atoms with E-state index in [-0.39, 0.29) is 17.5 Å². The van der Waals surface area contributed by atoms with E-state index in [4.69, 9.17) is 0 Å². The van der Waals surface area contributed by atoms with E-state index in [2.05, 4.69) is 0 Å². The zero-order valence-corrected chi connectivity index (χ0v) is 10.6. The Morgan fingerprint density at radius 1 is 1.16 bits per heavy atom. The van der Waals surface area contributed by atoms with Crippen LogP contribution in [0.1, 0.15) is 34.1 Å². The summed E-state index contributed by atoms with van der Waals surface area (Å²) >= 11 is 0. The van der Waals surface area contributed by atoms with Crippen molar-refractivity contribution in [2.24, 2.45) is 5.92 Å². The molecule has 0 bridgehead atoms. The fraction of sp³-hybridized carbons (Fsp3) is 0.250. The summed E-state index contributed by atoms with van der Waals surface area (Å²) < 4.78 is 0. The Hall–Kier alpha value is -2.00. The number of carbonyl (C=O) groups excluding carboxylic acids is 2. The molecule has 1 N–H and O–H groups in total. The Kier molecular flexibility index (Phi) is 2.72. The molecule has 0 saturated carbocycles. The monoisotopic (exact) mass is 254 g/mol. The maximum Gasteiger partial charge on any atom is 0.190 e. The van der Waals surface area contributed by atoms with E-state index in [1.54, 1.807) is 31.2 Å². The third-order valence-electron chi connectivity index (χ3n) is 3.78. The van der Waals surface area contributed by atoms with Crippen LogP contribution in [0.25, 0.3) is 0 Å². The highest BCUT2D eigenvalue weighted by Gasteiger charge is 2.37. The number of ketones is 2. The molecule has 2 atom stereocenters. The lowest BCUT2D eigenvalue weighted by atomic mass is 9.74. The first-order valence-corrected chi connectivity index (χ1v) is 6.37. The van der Waals surface area contributed by atoms with Gasteiger partial charge in [-0.25, -0.2) is 0 Å². The summed E-state index contributed by atoms with van der Waals surface area (Å²) in [6.07, 6.45) is 3.47. The van der Waals surface area contributed by atoms with Gasteiger partial charge in [0, 0.05) is 28.2 Å². The molecule has 96 valence electrons. The number of Topliss-reactive ketones (excluding diaryl/α,β-unsaturated/α-hetero) is 2. The Morgan fingerprint density at radius 2 is 1.79 bits per heavy atom. The van der Waals surface area contributed by atoms with E-state index in [1.165, 1.54) is 0 Å². The van der Waals surface area contributed by atoms with Crippen molar-refractivity contribution in [3.8, 4) is 0 Å². The average molecular weight is 254 g/mol. The van der Waals surface area contributed by atoms with E-state index >= 15 is 0 Å². The highest BCUT2D eigenvalue weighted by Crippen LogP contribution is 2.36. The van der Waals surface area contributed by atoms with Crippen LogP contribution < -0.4 is 0 Å². The minimum absolute atomic E-state index is 0.0831. The largest absolute Gasteiger partial charge is 0.392 e. The molecule has 2 aliphatic rings. The van der Waals surface area contributed by atoms with E-state index in [0.29, 0.717) is 28.7 Å². The van der Waals surface area contributed by atoms with Crippen LogP contribution in [-0.2, 0) is 0 Å². The van der Waals surface area contributed by atoms with E-state index in [1.807, 2.05) is 12.2 Å². The van der Waals surface area contributed by atoms with Gasteiger partial charge in [0.1, 0.15) is 0 Å². The first-order chi connectivity index (χ1) is 9.11. The van der Waals surface area contributed by atoms with Gasteiger partial charge in [-0.15, -0.1) is 0 Å². The van der Waals surface area contributed by atoms with Crippen molar-refractivity contribution in [2.45, 2.75) is 19.4 Å². The molecular formula is C16H14O3. The molecule has 3 nitrogen and oxygen atoms in total. The van der Waals surface area contributed by atoms with E-state index in [9.17, 15) is 14.7 Å². The second-order valence-corrected chi connectivity index (χ2v) is 4.99. The normalized spacial score (nSPS) is 23.2. The van der Waals surface area contributed by atoms with Crippen LogP contribution in [0.3, 0.4) is 0 Å².